The number of methoxy groups -OCH3 is 2. The van der Waals surface area contributed by atoms with Crippen molar-refractivity contribution >= 4 is 32.7 Å². The highest BCUT2D eigenvalue weighted by molar-refractivity contribution is 9.10. The second kappa shape index (κ2) is 7.69. The van der Waals surface area contributed by atoms with E-state index in [-0.39, 0.29) is 11.8 Å². The van der Waals surface area contributed by atoms with E-state index >= 15 is 0 Å². The number of hydrogen-bond acceptors (Lipinski definition) is 5. The summed E-state index contributed by atoms with van der Waals surface area (Å²) in [5.41, 5.74) is 2.77. The standard InChI is InChI=1S/C23H22BrN3O3/c1-12(2)27-8-7-14-18(27)6-5-15-20(16(11-25)23(26)30-21(14)15)13-9-17(24)22(29-4)19(10-13)28-3/h5-10,12,16,20,26H,1-4H3. The molecule has 0 fully saturated rings. The fourth-order valence-electron chi connectivity index (χ4n) is 4.16. The fourth-order valence-corrected chi connectivity index (χ4v) is 4.79. The Morgan fingerprint density at radius 1 is 1.20 bits per heavy atom. The van der Waals surface area contributed by atoms with Gasteiger partial charge in [-0.1, -0.05) is 6.07 Å². The van der Waals surface area contributed by atoms with Gasteiger partial charge in [-0.2, -0.15) is 5.26 Å². The molecule has 6 nitrogen and oxygen atoms in total. The topological polar surface area (TPSA) is 80.3 Å². The molecule has 2 atom stereocenters. The molecule has 0 aliphatic carbocycles. The van der Waals surface area contributed by atoms with Crippen LogP contribution in [0.15, 0.2) is 41.0 Å². The molecular formula is C23H22BrN3O3. The SMILES string of the molecule is COc1cc(C2c3ccc4c(ccn4C(C)C)c3OC(=N)C2C#N)cc(Br)c1OC. The lowest BCUT2D eigenvalue weighted by atomic mass is 9.78. The van der Waals surface area contributed by atoms with E-state index in [1.807, 2.05) is 30.5 Å². The van der Waals surface area contributed by atoms with Gasteiger partial charge in [-0.25, -0.2) is 0 Å². The van der Waals surface area contributed by atoms with Crippen molar-refractivity contribution in [3.63, 3.8) is 0 Å². The molecule has 0 radical (unpaired) electrons. The summed E-state index contributed by atoms with van der Waals surface area (Å²) in [5, 5.41) is 19.2. The molecule has 0 saturated heterocycles. The Hall–Kier alpha value is -2.98. The molecule has 7 heteroatoms. The Morgan fingerprint density at radius 2 is 1.97 bits per heavy atom. The summed E-state index contributed by atoms with van der Waals surface area (Å²) in [7, 11) is 3.16. The average Bonchev–Trinajstić information content (AvgIpc) is 3.17. The predicted octanol–water partition coefficient (Wildman–Crippen LogP) is 5.64. The highest BCUT2D eigenvalue weighted by Crippen LogP contribution is 2.48. The van der Waals surface area contributed by atoms with Crippen molar-refractivity contribution in [3.8, 4) is 23.3 Å². The fraction of sp³-hybridized carbons (Fsp3) is 0.304. The van der Waals surface area contributed by atoms with Crippen LogP contribution in [0.25, 0.3) is 10.9 Å². The molecule has 154 valence electrons. The lowest BCUT2D eigenvalue weighted by Gasteiger charge is -2.31. The van der Waals surface area contributed by atoms with E-state index in [9.17, 15) is 5.26 Å². The van der Waals surface area contributed by atoms with Crippen molar-refractivity contribution in [1.29, 1.82) is 10.7 Å². The van der Waals surface area contributed by atoms with Crippen LogP contribution >= 0.6 is 15.9 Å². The number of hydrogen-bond donors (Lipinski definition) is 1. The smallest absolute Gasteiger partial charge is 0.205 e. The van der Waals surface area contributed by atoms with Crippen LogP contribution in [0.2, 0.25) is 0 Å². The molecule has 2 unspecified atom stereocenters. The molecule has 2 heterocycles. The van der Waals surface area contributed by atoms with Crippen molar-refractivity contribution < 1.29 is 14.2 Å². The maximum atomic E-state index is 9.86. The van der Waals surface area contributed by atoms with Crippen LogP contribution in [0.5, 0.6) is 17.2 Å². The number of nitrogens with zero attached hydrogens (tertiary/aromatic N) is 2. The van der Waals surface area contributed by atoms with Crippen LogP contribution in [0, 0.1) is 22.7 Å². The second-order valence-corrected chi connectivity index (χ2v) is 8.38. The molecule has 1 aliphatic heterocycles. The van der Waals surface area contributed by atoms with Gasteiger partial charge in [0.15, 0.2) is 11.5 Å². The minimum absolute atomic E-state index is 0.0503. The van der Waals surface area contributed by atoms with E-state index in [2.05, 4.69) is 46.5 Å². The summed E-state index contributed by atoms with van der Waals surface area (Å²) >= 11 is 3.55. The van der Waals surface area contributed by atoms with E-state index in [1.54, 1.807) is 14.2 Å². The van der Waals surface area contributed by atoms with Crippen molar-refractivity contribution in [2.24, 2.45) is 5.92 Å². The van der Waals surface area contributed by atoms with E-state index < -0.39 is 5.92 Å². The number of aromatic nitrogens is 1. The number of nitriles is 1. The third kappa shape index (κ3) is 3.03. The Labute approximate surface area is 183 Å². The van der Waals surface area contributed by atoms with Gasteiger partial charge in [0.05, 0.1) is 30.3 Å². The van der Waals surface area contributed by atoms with E-state index in [0.29, 0.717) is 23.3 Å². The molecule has 1 aliphatic rings. The van der Waals surface area contributed by atoms with Crippen LogP contribution < -0.4 is 14.2 Å². The Bertz CT molecular complexity index is 1190. The molecule has 1 N–H and O–H groups in total. The van der Waals surface area contributed by atoms with Gasteiger partial charge in [-0.3, -0.25) is 5.41 Å². The minimum Gasteiger partial charge on any atom is -0.493 e. The Kier molecular flexibility index (Phi) is 5.20. The summed E-state index contributed by atoms with van der Waals surface area (Å²) in [6.45, 7) is 4.24. The number of nitrogens with one attached hydrogen (secondary N) is 1. The molecular weight excluding hydrogens is 446 g/mol. The molecule has 4 rings (SSSR count). The van der Waals surface area contributed by atoms with Crippen LogP contribution in [0.1, 0.15) is 36.9 Å². The van der Waals surface area contributed by atoms with Crippen LogP contribution in [0.4, 0.5) is 0 Å². The maximum absolute atomic E-state index is 9.86. The van der Waals surface area contributed by atoms with E-state index in [0.717, 1.165) is 26.5 Å². The Balaban J connectivity index is 1.97. The molecule has 3 aromatic rings. The predicted molar refractivity (Wildman–Crippen MR) is 119 cm³/mol. The van der Waals surface area contributed by atoms with Gasteiger partial charge in [0.1, 0.15) is 11.7 Å². The first-order valence-electron chi connectivity index (χ1n) is 9.62. The van der Waals surface area contributed by atoms with Gasteiger partial charge in [-0.15, -0.1) is 0 Å². The van der Waals surface area contributed by atoms with Gasteiger partial charge in [0, 0.05) is 29.1 Å². The zero-order valence-electron chi connectivity index (χ0n) is 17.2. The number of ether oxygens (including phenoxy) is 3. The van der Waals surface area contributed by atoms with Gasteiger partial charge >= 0.3 is 0 Å². The third-order valence-corrected chi connectivity index (χ3v) is 6.15. The van der Waals surface area contributed by atoms with E-state index in [1.165, 1.54) is 0 Å². The number of rotatable bonds is 4. The lowest BCUT2D eigenvalue weighted by Crippen LogP contribution is -2.31. The highest BCUT2D eigenvalue weighted by Gasteiger charge is 2.38. The van der Waals surface area contributed by atoms with Gasteiger partial charge in [0.2, 0.25) is 5.90 Å². The zero-order chi connectivity index (χ0) is 21.6. The minimum atomic E-state index is -0.743. The summed E-state index contributed by atoms with van der Waals surface area (Å²) in [6, 6.07) is 12.4. The molecule has 2 aromatic carbocycles. The van der Waals surface area contributed by atoms with Crippen molar-refractivity contribution in [2.45, 2.75) is 25.8 Å². The number of benzene rings is 2. The van der Waals surface area contributed by atoms with Gasteiger partial charge < -0.3 is 18.8 Å². The largest absolute Gasteiger partial charge is 0.493 e. The molecule has 0 amide bonds. The molecule has 30 heavy (non-hydrogen) atoms. The van der Waals surface area contributed by atoms with Crippen LogP contribution in [0.3, 0.4) is 0 Å². The van der Waals surface area contributed by atoms with Crippen molar-refractivity contribution in [2.75, 3.05) is 14.2 Å². The molecule has 0 bridgehead atoms. The quantitative estimate of drug-likeness (QED) is 0.537. The van der Waals surface area contributed by atoms with Crippen LogP contribution in [-0.2, 0) is 0 Å². The van der Waals surface area contributed by atoms with Crippen molar-refractivity contribution in [1.82, 2.24) is 4.57 Å². The van der Waals surface area contributed by atoms with Gasteiger partial charge in [0.25, 0.3) is 0 Å². The summed E-state index contributed by atoms with van der Waals surface area (Å²) in [5.74, 6) is 0.623. The number of fused-ring (bicyclic) bond motifs is 3. The lowest BCUT2D eigenvalue weighted by molar-refractivity contribution is 0.352. The summed E-state index contributed by atoms with van der Waals surface area (Å²) in [4.78, 5) is 0. The number of halogens is 1. The molecule has 0 saturated carbocycles. The van der Waals surface area contributed by atoms with Gasteiger partial charge in [-0.05, 0) is 59.6 Å². The monoisotopic (exact) mass is 467 g/mol. The van der Waals surface area contributed by atoms with Crippen LogP contribution in [-0.4, -0.2) is 24.7 Å². The molecule has 0 spiro atoms. The highest BCUT2D eigenvalue weighted by atomic mass is 79.9. The zero-order valence-corrected chi connectivity index (χ0v) is 18.8. The first-order valence-corrected chi connectivity index (χ1v) is 10.4. The molecule has 1 aromatic heterocycles. The maximum Gasteiger partial charge on any atom is 0.205 e. The second-order valence-electron chi connectivity index (χ2n) is 7.52. The summed E-state index contributed by atoms with van der Waals surface area (Å²) in [6.07, 6.45) is 2.03. The normalized spacial score (nSPS) is 18.1. The first-order chi connectivity index (χ1) is 14.4. The Morgan fingerprint density at radius 3 is 2.60 bits per heavy atom. The third-order valence-electron chi connectivity index (χ3n) is 5.56. The van der Waals surface area contributed by atoms with Crippen molar-refractivity contribution in [3.05, 3.63) is 52.1 Å². The summed E-state index contributed by atoms with van der Waals surface area (Å²) < 4.78 is 19.7. The average molecular weight is 468 g/mol. The first kappa shape index (κ1) is 20.3. The van der Waals surface area contributed by atoms with E-state index in [4.69, 9.17) is 19.6 Å².